The molecule has 0 radical (unpaired) electrons. The van der Waals surface area contributed by atoms with E-state index >= 15 is 0 Å². The van der Waals surface area contributed by atoms with Gasteiger partial charge in [-0.3, -0.25) is 0 Å². The second-order valence-corrected chi connectivity index (χ2v) is 6.10. The van der Waals surface area contributed by atoms with Gasteiger partial charge in [-0.2, -0.15) is 0 Å². The van der Waals surface area contributed by atoms with Crippen molar-refractivity contribution < 1.29 is 4.43 Å². The van der Waals surface area contributed by atoms with Crippen LogP contribution < -0.4 is 0 Å². The van der Waals surface area contributed by atoms with Crippen molar-refractivity contribution >= 4 is 9.76 Å². The van der Waals surface area contributed by atoms with Gasteiger partial charge in [-0.15, -0.1) is 0 Å². The van der Waals surface area contributed by atoms with Crippen LogP contribution in [0, 0.1) is 0 Å². The Bertz CT molecular complexity index is 117. The third-order valence-electron chi connectivity index (χ3n) is 3.20. The van der Waals surface area contributed by atoms with Crippen molar-refractivity contribution in [3.8, 4) is 0 Å². The standard InChI is InChI=1S/C11H24OSi/c1-3-10(4-2)12-13-11-8-6-5-7-9-11/h10-11H,3-9,13H2,1-2H3. The van der Waals surface area contributed by atoms with Crippen molar-refractivity contribution in [1.29, 1.82) is 0 Å². The summed E-state index contributed by atoms with van der Waals surface area (Å²) < 4.78 is 6.02. The first-order valence-electron chi connectivity index (χ1n) is 5.98. The molecule has 0 atom stereocenters. The van der Waals surface area contributed by atoms with Crippen molar-refractivity contribution in [2.24, 2.45) is 0 Å². The molecular formula is C11H24OSi. The van der Waals surface area contributed by atoms with Crippen LogP contribution in [0.5, 0.6) is 0 Å². The minimum atomic E-state index is -0.204. The highest BCUT2D eigenvalue weighted by molar-refractivity contribution is 6.29. The van der Waals surface area contributed by atoms with Crippen molar-refractivity contribution in [2.75, 3.05) is 0 Å². The van der Waals surface area contributed by atoms with Gasteiger partial charge in [-0.05, 0) is 18.4 Å². The molecule has 0 N–H and O–H groups in total. The van der Waals surface area contributed by atoms with E-state index in [4.69, 9.17) is 4.43 Å². The topological polar surface area (TPSA) is 9.23 Å². The summed E-state index contributed by atoms with van der Waals surface area (Å²) in [4.78, 5) is 0. The van der Waals surface area contributed by atoms with Gasteiger partial charge in [-0.25, -0.2) is 0 Å². The average Bonchev–Trinajstić information content (AvgIpc) is 2.21. The Morgan fingerprint density at radius 2 is 1.77 bits per heavy atom. The molecule has 1 rings (SSSR count). The molecule has 0 aliphatic heterocycles. The largest absolute Gasteiger partial charge is 0.421 e. The SMILES string of the molecule is CCC(CC)O[SiH2]C1CCCCC1. The van der Waals surface area contributed by atoms with Crippen LogP contribution in [0.25, 0.3) is 0 Å². The molecule has 1 fully saturated rings. The fourth-order valence-electron chi connectivity index (χ4n) is 2.15. The lowest BCUT2D eigenvalue weighted by atomic mass is 10.0. The molecule has 0 bridgehead atoms. The summed E-state index contributed by atoms with van der Waals surface area (Å²) >= 11 is 0. The maximum Gasteiger partial charge on any atom is 0.165 e. The fraction of sp³-hybridized carbons (Fsp3) is 1.00. The molecule has 78 valence electrons. The van der Waals surface area contributed by atoms with Crippen LogP contribution in [-0.4, -0.2) is 15.9 Å². The summed E-state index contributed by atoms with van der Waals surface area (Å²) in [6, 6.07) is 0. The molecule has 0 aromatic heterocycles. The van der Waals surface area contributed by atoms with Crippen LogP contribution in [0.15, 0.2) is 0 Å². The van der Waals surface area contributed by atoms with Gasteiger partial charge in [0.2, 0.25) is 0 Å². The lowest BCUT2D eigenvalue weighted by Gasteiger charge is -2.23. The lowest BCUT2D eigenvalue weighted by Crippen LogP contribution is -2.18. The van der Waals surface area contributed by atoms with Gasteiger partial charge in [0.15, 0.2) is 9.76 Å². The Labute approximate surface area is 85.2 Å². The van der Waals surface area contributed by atoms with Crippen molar-refractivity contribution in [3.63, 3.8) is 0 Å². The molecule has 0 aromatic carbocycles. The van der Waals surface area contributed by atoms with Crippen molar-refractivity contribution in [2.45, 2.75) is 70.4 Å². The predicted molar refractivity (Wildman–Crippen MR) is 60.8 cm³/mol. The maximum atomic E-state index is 6.02. The zero-order valence-corrected chi connectivity index (χ0v) is 10.6. The molecule has 2 heteroatoms. The smallest absolute Gasteiger partial charge is 0.165 e. The second-order valence-electron chi connectivity index (χ2n) is 4.28. The van der Waals surface area contributed by atoms with Gasteiger partial charge in [0.1, 0.15) is 0 Å². The van der Waals surface area contributed by atoms with E-state index in [1.165, 1.54) is 44.9 Å². The lowest BCUT2D eigenvalue weighted by molar-refractivity contribution is 0.196. The quantitative estimate of drug-likeness (QED) is 0.620. The fourth-order valence-corrected chi connectivity index (χ4v) is 4.08. The van der Waals surface area contributed by atoms with E-state index in [2.05, 4.69) is 13.8 Å². The zero-order chi connectivity index (χ0) is 9.52. The summed E-state index contributed by atoms with van der Waals surface area (Å²) in [5.74, 6) is 0. The third kappa shape index (κ3) is 4.27. The van der Waals surface area contributed by atoms with Crippen LogP contribution in [0.2, 0.25) is 5.54 Å². The summed E-state index contributed by atoms with van der Waals surface area (Å²) in [5, 5.41) is 0. The average molecular weight is 200 g/mol. The summed E-state index contributed by atoms with van der Waals surface area (Å²) in [5.41, 5.74) is 1.01. The van der Waals surface area contributed by atoms with E-state index in [1.54, 1.807) is 0 Å². The normalized spacial score (nSPS) is 20.5. The Hall–Kier alpha value is 0.177. The third-order valence-corrected chi connectivity index (χ3v) is 5.15. The highest BCUT2D eigenvalue weighted by Crippen LogP contribution is 2.28. The molecular weight excluding hydrogens is 176 g/mol. The molecule has 0 unspecified atom stereocenters. The molecule has 0 saturated heterocycles. The number of hydrogen-bond donors (Lipinski definition) is 0. The summed E-state index contributed by atoms with van der Waals surface area (Å²) in [6.07, 6.45) is 10.3. The highest BCUT2D eigenvalue weighted by Gasteiger charge is 2.15. The maximum absolute atomic E-state index is 6.02. The zero-order valence-electron chi connectivity index (χ0n) is 9.22. The first kappa shape index (κ1) is 11.3. The second kappa shape index (κ2) is 6.60. The molecule has 0 spiro atoms. The molecule has 1 nitrogen and oxygen atoms in total. The molecule has 1 aliphatic rings. The van der Waals surface area contributed by atoms with Gasteiger partial charge < -0.3 is 4.43 Å². The first-order valence-corrected chi connectivity index (χ1v) is 7.37. The summed E-state index contributed by atoms with van der Waals surface area (Å²) in [6.45, 7) is 4.48. The molecule has 1 aliphatic carbocycles. The minimum absolute atomic E-state index is 0.204. The van der Waals surface area contributed by atoms with Crippen molar-refractivity contribution in [3.05, 3.63) is 0 Å². The summed E-state index contributed by atoms with van der Waals surface area (Å²) in [7, 11) is -0.204. The Balaban J connectivity index is 2.09. The Morgan fingerprint density at radius 3 is 2.31 bits per heavy atom. The van der Waals surface area contributed by atoms with E-state index in [-0.39, 0.29) is 9.76 Å². The molecule has 13 heavy (non-hydrogen) atoms. The van der Waals surface area contributed by atoms with Gasteiger partial charge in [0.25, 0.3) is 0 Å². The molecule has 0 amide bonds. The van der Waals surface area contributed by atoms with Gasteiger partial charge >= 0.3 is 0 Å². The van der Waals surface area contributed by atoms with Crippen LogP contribution in [0.4, 0.5) is 0 Å². The minimum Gasteiger partial charge on any atom is -0.421 e. The van der Waals surface area contributed by atoms with E-state index < -0.39 is 0 Å². The van der Waals surface area contributed by atoms with Gasteiger partial charge in [0, 0.05) is 6.10 Å². The van der Waals surface area contributed by atoms with Crippen LogP contribution in [0.1, 0.15) is 58.8 Å². The van der Waals surface area contributed by atoms with E-state index in [9.17, 15) is 0 Å². The highest BCUT2D eigenvalue weighted by atomic mass is 28.2. The molecule has 1 saturated carbocycles. The van der Waals surface area contributed by atoms with E-state index in [0.717, 1.165) is 5.54 Å². The molecule has 0 aromatic rings. The van der Waals surface area contributed by atoms with Crippen molar-refractivity contribution in [1.82, 2.24) is 0 Å². The van der Waals surface area contributed by atoms with E-state index in [0.29, 0.717) is 6.10 Å². The van der Waals surface area contributed by atoms with Crippen LogP contribution in [0.3, 0.4) is 0 Å². The number of rotatable bonds is 5. The van der Waals surface area contributed by atoms with E-state index in [1.807, 2.05) is 0 Å². The Morgan fingerprint density at radius 1 is 1.15 bits per heavy atom. The monoisotopic (exact) mass is 200 g/mol. The van der Waals surface area contributed by atoms with Gasteiger partial charge in [0.05, 0.1) is 0 Å². The first-order chi connectivity index (χ1) is 6.36. The van der Waals surface area contributed by atoms with Crippen LogP contribution >= 0.6 is 0 Å². The number of hydrogen-bond acceptors (Lipinski definition) is 1. The molecule has 0 heterocycles. The Kier molecular flexibility index (Phi) is 5.72. The predicted octanol–water partition coefficient (Wildman–Crippen LogP) is 3.03. The van der Waals surface area contributed by atoms with Crippen LogP contribution in [-0.2, 0) is 4.43 Å². The van der Waals surface area contributed by atoms with Gasteiger partial charge in [-0.1, -0.05) is 46.0 Å².